The molecule has 2 rings (SSSR count). The Labute approximate surface area is 120 Å². The molecular formula is C15H24N4O. The Morgan fingerprint density at radius 1 is 1.35 bits per heavy atom. The van der Waals surface area contributed by atoms with E-state index in [-0.39, 0.29) is 5.91 Å². The lowest BCUT2D eigenvalue weighted by Gasteiger charge is -2.21. The molecule has 3 N–H and O–H groups in total. The van der Waals surface area contributed by atoms with E-state index >= 15 is 0 Å². The van der Waals surface area contributed by atoms with Crippen LogP contribution in [0, 0.1) is 0 Å². The summed E-state index contributed by atoms with van der Waals surface area (Å²) in [5.41, 5.74) is 6.50. The summed E-state index contributed by atoms with van der Waals surface area (Å²) in [5.74, 6) is 0.899. The predicted octanol–water partition coefficient (Wildman–Crippen LogP) is 1.43. The van der Waals surface area contributed by atoms with Crippen LogP contribution in [0.5, 0.6) is 0 Å². The average Bonchev–Trinajstić information content (AvgIpc) is 2.74. The van der Waals surface area contributed by atoms with E-state index in [1.54, 1.807) is 6.92 Å². The molecule has 20 heavy (non-hydrogen) atoms. The van der Waals surface area contributed by atoms with Crippen molar-refractivity contribution in [2.24, 2.45) is 5.73 Å². The second kappa shape index (κ2) is 7.24. The summed E-state index contributed by atoms with van der Waals surface area (Å²) in [6, 6.07) is 3.59. The first-order valence-electron chi connectivity index (χ1n) is 7.40. The minimum Gasteiger partial charge on any atom is -0.357 e. The molecule has 1 aliphatic rings. The van der Waals surface area contributed by atoms with Crippen LogP contribution in [0.3, 0.4) is 0 Å². The van der Waals surface area contributed by atoms with Gasteiger partial charge in [-0.1, -0.05) is 18.9 Å². The van der Waals surface area contributed by atoms with Crippen molar-refractivity contribution in [1.82, 2.24) is 10.3 Å². The van der Waals surface area contributed by atoms with Crippen LogP contribution in [0.1, 0.15) is 38.2 Å². The van der Waals surface area contributed by atoms with E-state index in [1.807, 2.05) is 18.3 Å². The lowest BCUT2D eigenvalue weighted by Crippen LogP contribution is -2.37. The van der Waals surface area contributed by atoms with Crippen LogP contribution in [-0.2, 0) is 11.3 Å². The lowest BCUT2D eigenvalue weighted by atomic mass is 10.2. The summed E-state index contributed by atoms with van der Waals surface area (Å²) in [6.07, 6.45) is 6.96. The van der Waals surface area contributed by atoms with Gasteiger partial charge in [0.05, 0.1) is 6.04 Å². The van der Waals surface area contributed by atoms with E-state index in [4.69, 9.17) is 5.73 Å². The first-order chi connectivity index (χ1) is 9.66. The number of carbonyl (C=O) groups is 1. The Morgan fingerprint density at radius 3 is 2.60 bits per heavy atom. The highest BCUT2D eigenvalue weighted by Crippen LogP contribution is 2.17. The lowest BCUT2D eigenvalue weighted by molar-refractivity contribution is -0.122. The van der Waals surface area contributed by atoms with Gasteiger partial charge in [-0.2, -0.15) is 0 Å². The highest BCUT2D eigenvalue weighted by atomic mass is 16.2. The maximum absolute atomic E-state index is 11.4. The molecule has 0 unspecified atom stereocenters. The predicted molar refractivity (Wildman–Crippen MR) is 80.4 cm³/mol. The summed E-state index contributed by atoms with van der Waals surface area (Å²) in [7, 11) is 0. The Hall–Kier alpha value is -1.62. The molecule has 1 aromatic heterocycles. The zero-order chi connectivity index (χ0) is 14.4. The number of nitrogens with zero attached hydrogens (tertiary/aromatic N) is 2. The van der Waals surface area contributed by atoms with Crippen molar-refractivity contribution in [2.75, 3.05) is 18.0 Å². The molecule has 1 fully saturated rings. The minimum atomic E-state index is -0.473. The third-order valence-corrected chi connectivity index (χ3v) is 3.62. The second-order valence-corrected chi connectivity index (χ2v) is 5.43. The molecule has 0 radical (unpaired) electrons. The zero-order valence-corrected chi connectivity index (χ0v) is 12.1. The van der Waals surface area contributed by atoms with Crippen molar-refractivity contribution >= 4 is 11.7 Å². The standard InChI is InChI=1S/C15H24N4O/c1-12(16)15(20)18-11-13-6-7-14(17-10-13)19-8-4-2-3-5-9-19/h6-7,10,12H,2-5,8-9,11,16H2,1H3,(H,18,20)/t12-/m1/s1. The number of hydrogen-bond acceptors (Lipinski definition) is 4. The van der Waals surface area contributed by atoms with Crippen molar-refractivity contribution < 1.29 is 4.79 Å². The summed E-state index contributed by atoms with van der Waals surface area (Å²) in [5, 5.41) is 2.79. The van der Waals surface area contributed by atoms with Gasteiger partial charge in [0.1, 0.15) is 5.82 Å². The molecule has 0 spiro atoms. The Bertz CT molecular complexity index is 422. The van der Waals surface area contributed by atoms with E-state index in [0.29, 0.717) is 6.54 Å². The van der Waals surface area contributed by atoms with Crippen LogP contribution >= 0.6 is 0 Å². The number of pyridine rings is 1. The quantitative estimate of drug-likeness (QED) is 0.872. The van der Waals surface area contributed by atoms with Crippen molar-refractivity contribution in [3.05, 3.63) is 23.9 Å². The number of carbonyl (C=O) groups excluding carboxylic acids is 1. The molecular weight excluding hydrogens is 252 g/mol. The molecule has 0 aliphatic carbocycles. The molecule has 1 aromatic rings. The molecule has 1 saturated heterocycles. The van der Waals surface area contributed by atoms with Gasteiger partial charge in [0.15, 0.2) is 0 Å². The Kier molecular flexibility index (Phi) is 5.35. The number of nitrogens with two attached hydrogens (primary N) is 1. The first-order valence-corrected chi connectivity index (χ1v) is 7.40. The minimum absolute atomic E-state index is 0.137. The molecule has 110 valence electrons. The summed E-state index contributed by atoms with van der Waals surface area (Å²) in [4.78, 5) is 18.3. The van der Waals surface area contributed by atoms with Crippen molar-refractivity contribution in [2.45, 2.75) is 45.2 Å². The first kappa shape index (κ1) is 14.8. The van der Waals surface area contributed by atoms with Gasteiger partial charge < -0.3 is 16.0 Å². The van der Waals surface area contributed by atoms with Crippen molar-refractivity contribution in [3.63, 3.8) is 0 Å². The monoisotopic (exact) mass is 276 g/mol. The van der Waals surface area contributed by atoms with Gasteiger partial charge in [0.25, 0.3) is 0 Å². The summed E-state index contributed by atoms with van der Waals surface area (Å²) < 4.78 is 0. The largest absolute Gasteiger partial charge is 0.357 e. The Morgan fingerprint density at radius 2 is 2.05 bits per heavy atom. The normalized spacial score (nSPS) is 17.4. The van der Waals surface area contributed by atoms with Crippen LogP contribution in [-0.4, -0.2) is 30.0 Å². The van der Waals surface area contributed by atoms with E-state index < -0.39 is 6.04 Å². The summed E-state index contributed by atoms with van der Waals surface area (Å²) in [6.45, 7) is 4.34. The topological polar surface area (TPSA) is 71.2 Å². The van der Waals surface area contributed by atoms with Crippen LogP contribution in [0.2, 0.25) is 0 Å². The van der Waals surface area contributed by atoms with Gasteiger partial charge in [-0.15, -0.1) is 0 Å². The fourth-order valence-corrected chi connectivity index (χ4v) is 2.36. The third kappa shape index (κ3) is 4.20. The van der Waals surface area contributed by atoms with Gasteiger partial charge in [-0.3, -0.25) is 4.79 Å². The molecule has 0 aromatic carbocycles. The van der Waals surface area contributed by atoms with Gasteiger partial charge in [-0.25, -0.2) is 4.98 Å². The van der Waals surface area contributed by atoms with Crippen LogP contribution < -0.4 is 16.0 Å². The number of hydrogen-bond donors (Lipinski definition) is 2. The molecule has 2 heterocycles. The zero-order valence-electron chi connectivity index (χ0n) is 12.1. The number of amides is 1. The van der Waals surface area contributed by atoms with Gasteiger partial charge >= 0.3 is 0 Å². The third-order valence-electron chi connectivity index (χ3n) is 3.62. The van der Waals surface area contributed by atoms with E-state index in [1.165, 1.54) is 25.7 Å². The smallest absolute Gasteiger partial charge is 0.236 e. The second-order valence-electron chi connectivity index (χ2n) is 5.43. The summed E-state index contributed by atoms with van der Waals surface area (Å²) >= 11 is 0. The van der Waals surface area contributed by atoms with Crippen molar-refractivity contribution in [1.29, 1.82) is 0 Å². The number of nitrogens with one attached hydrogen (secondary N) is 1. The maximum Gasteiger partial charge on any atom is 0.236 e. The van der Waals surface area contributed by atoms with Gasteiger partial charge in [0.2, 0.25) is 5.91 Å². The molecule has 0 bridgehead atoms. The van der Waals surface area contributed by atoms with Crippen LogP contribution in [0.25, 0.3) is 0 Å². The number of anilines is 1. The van der Waals surface area contributed by atoms with E-state index in [0.717, 1.165) is 24.5 Å². The molecule has 1 atom stereocenters. The Balaban J connectivity index is 1.90. The van der Waals surface area contributed by atoms with E-state index in [9.17, 15) is 4.79 Å². The van der Waals surface area contributed by atoms with Gasteiger partial charge in [0, 0.05) is 25.8 Å². The van der Waals surface area contributed by atoms with Gasteiger partial charge in [-0.05, 0) is 31.4 Å². The fraction of sp³-hybridized carbons (Fsp3) is 0.600. The fourth-order valence-electron chi connectivity index (χ4n) is 2.36. The molecule has 1 aliphatic heterocycles. The molecule has 0 saturated carbocycles. The number of aromatic nitrogens is 1. The highest BCUT2D eigenvalue weighted by molar-refractivity contribution is 5.80. The van der Waals surface area contributed by atoms with E-state index in [2.05, 4.69) is 15.2 Å². The van der Waals surface area contributed by atoms with Crippen LogP contribution in [0.15, 0.2) is 18.3 Å². The van der Waals surface area contributed by atoms with Crippen molar-refractivity contribution in [3.8, 4) is 0 Å². The molecule has 5 heteroatoms. The van der Waals surface area contributed by atoms with Crippen LogP contribution in [0.4, 0.5) is 5.82 Å². The maximum atomic E-state index is 11.4. The average molecular weight is 276 g/mol. The number of rotatable bonds is 4. The molecule has 5 nitrogen and oxygen atoms in total. The highest BCUT2D eigenvalue weighted by Gasteiger charge is 2.11. The SMILES string of the molecule is C[C@@H](N)C(=O)NCc1ccc(N2CCCCCC2)nc1. The molecule has 1 amide bonds.